The number of unbranched alkanes of at least 4 members (excludes halogenated alkanes) is 1. The monoisotopic (exact) mass is 196 g/mol. The van der Waals surface area contributed by atoms with Crippen LogP contribution in [0.5, 0.6) is 0 Å². The molecule has 2 unspecified atom stereocenters. The maximum Gasteiger partial charge on any atom is 0.0139 e. The van der Waals surface area contributed by atoms with Crippen molar-refractivity contribution in [2.45, 2.75) is 57.5 Å². The number of nitrogens with zero attached hydrogens (tertiary/aromatic N) is 1. The molecule has 2 fully saturated rings. The van der Waals surface area contributed by atoms with Crippen LogP contribution in [0.3, 0.4) is 0 Å². The van der Waals surface area contributed by atoms with E-state index in [-0.39, 0.29) is 0 Å². The quantitative estimate of drug-likeness (QED) is 0.704. The van der Waals surface area contributed by atoms with E-state index in [1.807, 2.05) is 0 Å². The first-order valence-electron chi connectivity index (χ1n) is 6.32. The van der Waals surface area contributed by atoms with Crippen LogP contribution in [0.15, 0.2) is 0 Å². The summed E-state index contributed by atoms with van der Waals surface area (Å²) >= 11 is 0. The van der Waals surface area contributed by atoms with Gasteiger partial charge in [0.1, 0.15) is 0 Å². The fourth-order valence-corrected chi connectivity index (χ4v) is 2.63. The molecule has 2 nitrogen and oxygen atoms in total. The number of hydrogen-bond acceptors (Lipinski definition) is 2. The van der Waals surface area contributed by atoms with E-state index in [0.717, 1.165) is 24.5 Å². The third-order valence-corrected chi connectivity index (χ3v) is 3.89. The van der Waals surface area contributed by atoms with E-state index in [0.29, 0.717) is 0 Å². The molecule has 0 aromatic rings. The van der Waals surface area contributed by atoms with Crippen molar-refractivity contribution < 1.29 is 0 Å². The summed E-state index contributed by atoms with van der Waals surface area (Å²) in [7, 11) is 0. The largest absolute Gasteiger partial charge is 0.330 e. The summed E-state index contributed by atoms with van der Waals surface area (Å²) in [4.78, 5) is 2.77. The Kier molecular flexibility index (Phi) is 3.45. The van der Waals surface area contributed by atoms with Gasteiger partial charge in [-0.1, -0.05) is 13.3 Å². The van der Waals surface area contributed by atoms with Crippen LogP contribution in [0.2, 0.25) is 0 Å². The van der Waals surface area contributed by atoms with E-state index in [9.17, 15) is 0 Å². The molecule has 2 heteroatoms. The van der Waals surface area contributed by atoms with Crippen LogP contribution in [-0.4, -0.2) is 30.1 Å². The minimum atomic E-state index is 0.812. The zero-order chi connectivity index (χ0) is 9.97. The molecule has 0 aliphatic heterocycles. The van der Waals surface area contributed by atoms with Gasteiger partial charge < -0.3 is 5.73 Å². The predicted octanol–water partition coefficient (Wildman–Crippen LogP) is 1.99. The van der Waals surface area contributed by atoms with Gasteiger partial charge in [-0.3, -0.25) is 4.90 Å². The molecule has 0 spiro atoms. The van der Waals surface area contributed by atoms with E-state index >= 15 is 0 Å². The Morgan fingerprint density at radius 3 is 2.43 bits per heavy atom. The molecule has 2 N–H and O–H groups in total. The number of nitrogens with two attached hydrogens (primary N) is 1. The third kappa shape index (κ3) is 2.12. The maximum atomic E-state index is 5.78. The average Bonchev–Trinajstić information content (AvgIpc) is 2.94. The molecular weight excluding hydrogens is 172 g/mol. The topological polar surface area (TPSA) is 29.3 Å². The standard InChI is InChI=1S/C12H24N2/c1-2-3-8-14(11-5-6-11)12-7-4-10(12)9-13/h10-12H,2-9,13H2,1H3. The molecule has 0 radical (unpaired) electrons. The van der Waals surface area contributed by atoms with Crippen molar-refractivity contribution in [2.75, 3.05) is 13.1 Å². The van der Waals surface area contributed by atoms with Crippen LogP contribution in [0, 0.1) is 5.92 Å². The van der Waals surface area contributed by atoms with Gasteiger partial charge in [-0.05, 0) is 51.1 Å². The second-order valence-corrected chi connectivity index (χ2v) is 4.96. The highest BCUT2D eigenvalue weighted by atomic mass is 15.2. The predicted molar refractivity (Wildman–Crippen MR) is 60.2 cm³/mol. The number of hydrogen-bond donors (Lipinski definition) is 1. The van der Waals surface area contributed by atoms with Crippen LogP contribution in [0.25, 0.3) is 0 Å². The van der Waals surface area contributed by atoms with Crippen LogP contribution >= 0.6 is 0 Å². The molecule has 82 valence electrons. The van der Waals surface area contributed by atoms with Crippen molar-refractivity contribution in [1.82, 2.24) is 4.90 Å². The second kappa shape index (κ2) is 4.63. The van der Waals surface area contributed by atoms with Gasteiger partial charge in [0.15, 0.2) is 0 Å². The molecule has 0 aromatic heterocycles. The van der Waals surface area contributed by atoms with Crippen molar-refractivity contribution in [1.29, 1.82) is 0 Å². The summed E-state index contributed by atoms with van der Waals surface area (Å²) in [6.45, 7) is 4.51. The van der Waals surface area contributed by atoms with Crippen molar-refractivity contribution in [3.63, 3.8) is 0 Å². The summed E-state index contributed by atoms with van der Waals surface area (Å²) in [5.74, 6) is 0.812. The Bertz CT molecular complexity index is 175. The van der Waals surface area contributed by atoms with Crippen molar-refractivity contribution >= 4 is 0 Å². The molecule has 2 atom stereocenters. The summed E-state index contributed by atoms with van der Waals surface area (Å²) in [6.07, 6.45) is 8.35. The minimum absolute atomic E-state index is 0.812. The highest BCUT2D eigenvalue weighted by molar-refractivity contribution is 4.96. The smallest absolute Gasteiger partial charge is 0.0139 e. The van der Waals surface area contributed by atoms with Crippen LogP contribution in [0.1, 0.15) is 45.4 Å². The zero-order valence-corrected chi connectivity index (χ0v) is 9.41. The van der Waals surface area contributed by atoms with Gasteiger partial charge in [0, 0.05) is 12.1 Å². The SMILES string of the molecule is CCCCN(C1CC1)C1CCC1CN. The first kappa shape index (κ1) is 10.4. The molecule has 0 amide bonds. The molecule has 2 saturated carbocycles. The average molecular weight is 196 g/mol. The summed E-state index contributed by atoms with van der Waals surface area (Å²) in [5, 5.41) is 0. The Labute approximate surface area is 87.8 Å². The van der Waals surface area contributed by atoms with Gasteiger partial charge >= 0.3 is 0 Å². The van der Waals surface area contributed by atoms with Gasteiger partial charge in [0.05, 0.1) is 0 Å². The Morgan fingerprint density at radius 2 is 2.00 bits per heavy atom. The summed E-state index contributed by atoms with van der Waals surface area (Å²) < 4.78 is 0. The highest BCUT2D eigenvalue weighted by Crippen LogP contribution is 2.38. The van der Waals surface area contributed by atoms with E-state index < -0.39 is 0 Å². The van der Waals surface area contributed by atoms with Crippen molar-refractivity contribution in [3.8, 4) is 0 Å². The lowest BCUT2D eigenvalue weighted by molar-refractivity contribution is 0.0584. The fourth-order valence-electron chi connectivity index (χ4n) is 2.63. The van der Waals surface area contributed by atoms with Gasteiger partial charge in [0.2, 0.25) is 0 Å². The lowest BCUT2D eigenvalue weighted by Crippen LogP contribution is -2.51. The van der Waals surface area contributed by atoms with Crippen molar-refractivity contribution in [3.05, 3.63) is 0 Å². The second-order valence-electron chi connectivity index (χ2n) is 4.96. The molecule has 2 rings (SSSR count). The molecule has 2 aliphatic rings. The fraction of sp³-hybridized carbons (Fsp3) is 1.00. The Balaban J connectivity index is 1.83. The normalized spacial score (nSPS) is 31.9. The molecule has 14 heavy (non-hydrogen) atoms. The minimum Gasteiger partial charge on any atom is -0.330 e. The molecule has 0 saturated heterocycles. The van der Waals surface area contributed by atoms with Gasteiger partial charge in [-0.25, -0.2) is 0 Å². The molecule has 0 bridgehead atoms. The molecule has 0 aromatic carbocycles. The third-order valence-electron chi connectivity index (χ3n) is 3.89. The zero-order valence-electron chi connectivity index (χ0n) is 9.41. The van der Waals surface area contributed by atoms with Gasteiger partial charge in [-0.15, -0.1) is 0 Å². The molecule has 0 heterocycles. The van der Waals surface area contributed by atoms with E-state index in [1.54, 1.807) is 0 Å². The van der Waals surface area contributed by atoms with Crippen LogP contribution in [0.4, 0.5) is 0 Å². The van der Waals surface area contributed by atoms with Gasteiger partial charge in [0.25, 0.3) is 0 Å². The molecular formula is C12H24N2. The van der Waals surface area contributed by atoms with E-state index in [2.05, 4.69) is 11.8 Å². The highest BCUT2D eigenvalue weighted by Gasteiger charge is 2.40. The summed E-state index contributed by atoms with van der Waals surface area (Å²) in [5.41, 5.74) is 5.78. The summed E-state index contributed by atoms with van der Waals surface area (Å²) in [6, 6.07) is 1.78. The van der Waals surface area contributed by atoms with E-state index in [1.165, 1.54) is 45.1 Å². The lowest BCUT2D eigenvalue weighted by atomic mass is 9.78. The first-order valence-corrected chi connectivity index (χ1v) is 6.32. The Hall–Kier alpha value is -0.0800. The van der Waals surface area contributed by atoms with Crippen LogP contribution < -0.4 is 5.73 Å². The maximum absolute atomic E-state index is 5.78. The number of rotatable bonds is 6. The van der Waals surface area contributed by atoms with Gasteiger partial charge in [-0.2, -0.15) is 0 Å². The van der Waals surface area contributed by atoms with Crippen molar-refractivity contribution in [2.24, 2.45) is 11.7 Å². The Morgan fingerprint density at radius 1 is 1.21 bits per heavy atom. The first-order chi connectivity index (χ1) is 6.86. The lowest BCUT2D eigenvalue weighted by Gasteiger charge is -2.44. The van der Waals surface area contributed by atoms with E-state index in [4.69, 9.17) is 5.73 Å². The van der Waals surface area contributed by atoms with Crippen LogP contribution in [-0.2, 0) is 0 Å². The molecule has 2 aliphatic carbocycles.